The first kappa shape index (κ1) is 14.7. The second-order valence-electron chi connectivity index (χ2n) is 5.06. The molecule has 0 radical (unpaired) electrons. The summed E-state index contributed by atoms with van der Waals surface area (Å²) in [6.07, 6.45) is 7.81. The fraction of sp³-hybridized carbons (Fsp3) is 0.500. The van der Waals surface area contributed by atoms with Crippen molar-refractivity contribution in [2.24, 2.45) is 0 Å². The molecule has 2 rings (SSSR count). The first-order valence-electron chi connectivity index (χ1n) is 7.41. The lowest BCUT2D eigenvalue weighted by molar-refractivity contribution is 0.504. The third-order valence-electron chi connectivity index (χ3n) is 3.48. The van der Waals surface area contributed by atoms with E-state index in [1.54, 1.807) is 0 Å². The monoisotopic (exact) mass is 272 g/mol. The molecule has 0 fully saturated rings. The fourth-order valence-electron chi connectivity index (χ4n) is 2.53. The van der Waals surface area contributed by atoms with Crippen molar-refractivity contribution in [3.05, 3.63) is 47.8 Å². The molecule has 1 unspecified atom stereocenters. The zero-order valence-electron chi connectivity index (χ0n) is 12.6. The molecule has 0 saturated carbocycles. The van der Waals surface area contributed by atoms with Gasteiger partial charge in [-0.25, -0.2) is 4.98 Å². The molecule has 0 saturated heterocycles. The maximum atomic E-state index is 4.55. The number of likely N-dealkylation sites (N-methyl/N-ethyl adjacent to an activating group) is 1. The summed E-state index contributed by atoms with van der Waals surface area (Å²) in [5.74, 6) is 1.13. The van der Waals surface area contributed by atoms with Gasteiger partial charge in [0.25, 0.3) is 0 Å². The number of rotatable bonds is 7. The predicted octanol–water partition coefficient (Wildman–Crippen LogP) is 2.89. The molecule has 0 bridgehead atoms. The normalized spacial score (nSPS) is 12.6. The van der Waals surface area contributed by atoms with E-state index in [9.17, 15) is 0 Å². The summed E-state index contributed by atoms with van der Waals surface area (Å²) in [6, 6.07) is 4.32. The average Bonchev–Trinajstić information content (AvgIpc) is 2.87. The lowest BCUT2D eigenvalue weighted by Crippen LogP contribution is -2.26. The van der Waals surface area contributed by atoms with Gasteiger partial charge in [-0.1, -0.05) is 19.9 Å². The van der Waals surface area contributed by atoms with E-state index in [4.69, 9.17) is 0 Å². The Hall–Kier alpha value is -1.68. The van der Waals surface area contributed by atoms with Gasteiger partial charge >= 0.3 is 0 Å². The van der Waals surface area contributed by atoms with Gasteiger partial charge in [-0.15, -0.1) is 0 Å². The molecule has 4 heteroatoms. The van der Waals surface area contributed by atoms with Gasteiger partial charge in [-0.3, -0.25) is 4.98 Å². The molecule has 0 aromatic carbocycles. The van der Waals surface area contributed by atoms with Gasteiger partial charge in [0.2, 0.25) is 0 Å². The highest BCUT2D eigenvalue weighted by atomic mass is 15.1. The molecule has 0 amide bonds. The molecule has 1 N–H and O–H groups in total. The second kappa shape index (κ2) is 7.20. The number of nitrogens with zero attached hydrogens (tertiary/aromatic N) is 3. The fourth-order valence-corrected chi connectivity index (χ4v) is 2.53. The molecular formula is C16H24N4. The molecule has 2 aromatic heterocycles. The number of aryl methyl sites for hydroxylation is 2. The summed E-state index contributed by atoms with van der Waals surface area (Å²) in [7, 11) is 0. The predicted molar refractivity (Wildman–Crippen MR) is 81.6 cm³/mol. The van der Waals surface area contributed by atoms with Crippen molar-refractivity contribution in [1.82, 2.24) is 19.9 Å². The van der Waals surface area contributed by atoms with Crippen LogP contribution in [0.2, 0.25) is 0 Å². The number of aromatic nitrogens is 3. The molecule has 0 aliphatic carbocycles. The van der Waals surface area contributed by atoms with Gasteiger partial charge in [0, 0.05) is 31.6 Å². The highest BCUT2D eigenvalue weighted by Crippen LogP contribution is 2.19. The van der Waals surface area contributed by atoms with Crippen LogP contribution in [-0.2, 0) is 13.0 Å². The van der Waals surface area contributed by atoms with E-state index in [1.807, 2.05) is 18.5 Å². The Kier molecular flexibility index (Phi) is 5.30. The van der Waals surface area contributed by atoms with E-state index >= 15 is 0 Å². The van der Waals surface area contributed by atoms with Gasteiger partial charge in [0.1, 0.15) is 5.82 Å². The van der Waals surface area contributed by atoms with E-state index < -0.39 is 0 Å². The van der Waals surface area contributed by atoms with Crippen LogP contribution in [0.15, 0.2) is 30.7 Å². The van der Waals surface area contributed by atoms with E-state index in [0.29, 0.717) is 0 Å². The summed E-state index contributed by atoms with van der Waals surface area (Å²) >= 11 is 0. The number of pyridine rings is 1. The highest BCUT2D eigenvalue weighted by molar-refractivity contribution is 5.22. The van der Waals surface area contributed by atoms with Crippen molar-refractivity contribution < 1.29 is 0 Å². The van der Waals surface area contributed by atoms with Crippen LogP contribution in [0.25, 0.3) is 0 Å². The van der Waals surface area contributed by atoms with Crippen molar-refractivity contribution in [3.8, 4) is 0 Å². The van der Waals surface area contributed by atoms with Gasteiger partial charge in [-0.2, -0.15) is 0 Å². The Labute approximate surface area is 121 Å². The third-order valence-corrected chi connectivity index (χ3v) is 3.48. The van der Waals surface area contributed by atoms with Crippen LogP contribution in [0.1, 0.15) is 43.4 Å². The smallest absolute Gasteiger partial charge is 0.110 e. The lowest BCUT2D eigenvalue weighted by Gasteiger charge is -2.19. The molecule has 20 heavy (non-hydrogen) atoms. The second-order valence-corrected chi connectivity index (χ2v) is 5.06. The number of nitrogens with one attached hydrogen (secondary N) is 1. The van der Waals surface area contributed by atoms with Crippen molar-refractivity contribution >= 4 is 0 Å². The van der Waals surface area contributed by atoms with Crippen molar-refractivity contribution in [2.45, 2.75) is 46.2 Å². The van der Waals surface area contributed by atoms with E-state index in [1.165, 1.54) is 5.56 Å². The number of hydrogen-bond donors (Lipinski definition) is 1. The molecule has 108 valence electrons. The zero-order valence-corrected chi connectivity index (χ0v) is 12.6. The Morgan fingerprint density at radius 3 is 2.80 bits per heavy atom. The Morgan fingerprint density at radius 1 is 1.25 bits per heavy atom. The van der Waals surface area contributed by atoms with Crippen LogP contribution < -0.4 is 5.32 Å². The summed E-state index contributed by atoms with van der Waals surface area (Å²) in [6.45, 7) is 8.38. The van der Waals surface area contributed by atoms with Crippen LogP contribution in [0.3, 0.4) is 0 Å². The lowest BCUT2D eigenvalue weighted by atomic mass is 10.0. The molecule has 2 aromatic rings. The molecular weight excluding hydrogens is 248 g/mol. The summed E-state index contributed by atoms with van der Waals surface area (Å²) in [5.41, 5.74) is 2.35. The first-order valence-corrected chi connectivity index (χ1v) is 7.41. The number of imidazole rings is 1. The first-order chi connectivity index (χ1) is 9.76. The molecule has 4 nitrogen and oxygen atoms in total. The van der Waals surface area contributed by atoms with Gasteiger partial charge < -0.3 is 9.88 Å². The van der Waals surface area contributed by atoms with E-state index in [-0.39, 0.29) is 6.04 Å². The van der Waals surface area contributed by atoms with Crippen LogP contribution in [0, 0.1) is 6.92 Å². The van der Waals surface area contributed by atoms with Gasteiger partial charge in [0.15, 0.2) is 0 Å². The molecule has 0 spiro atoms. The SMILES string of the molecule is CCCn1ccnc1CC(NCC)c1ncccc1C. The van der Waals surface area contributed by atoms with Crippen molar-refractivity contribution in [2.75, 3.05) is 6.54 Å². The Morgan fingerprint density at radius 2 is 2.10 bits per heavy atom. The summed E-state index contributed by atoms with van der Waals surface area (Å²) in [5, 5.41) is 3.53. The molecule has 1 atom stereocenters. The topological polar surface area (TPSA) is 42.7 Å². The minimum absolute atomic E-state index is 0.221. The molecule has 0 aliphatic heterocycles. The van der Waals surface area contributed by atoms with Crippen LogP contribution in [-0.4, -0.2) is 21.1 Å². The maximum Gasteiger partial charge on any atom is 0.110 e. The zero-order chi connectivity index (χ0) is 14.4. The van der Waals surface area contributed by atoms with Crippen molar-refractivity contribution in [3.63, 3.8) is 0 Å². The summed E-state index contributed by atoms with van der Waals surface area (Å²) < 4.78 is 2.24. The minimum Gasteiger partial charge on any atom is -0.335 e. The standard InChI is InChI=1S/C16H24N4/c1-4-10-20-11-9-18-15(20)12-14(17-5-2)16-13(3)7-6-8-19-16/h6-9,11,14,17H,4-5,10,12H2,1-3H3. The van der Waals surface area contributed by atoms with E-state index in [2.05, 4.69) is 52.9 Å². The largest absolute Gasteiger partial charge is 0.335 e. The number of hydrogen-bond acceptors (Lipinski definition) is 3. The highest BCUT2D eigenvalue weighted by Gasteiger charge is 2.17. The third kappa shape index (κ3) is 3.45. The molecule has 0 aliphatic rings. The molecule has 2 heterocycles. The van der Waals surface area contributed by atoms with E-state index in [0.717, 1.165) is 37.4 Å². The van der Waals surface area contributed by atoms with Gasteiger partial charge in [0.05, 0.1) is 11.7 Å². The van der Waals surface area contributed by atoms with Gasteiger partial charge in [-0.05, 0) is 31.5 Å². The quantitative estimate of drug-likeness (QED) is 0.842. The Balaban J connectivity index is 2.21. The van der Waals surface area contributed by atoms with Crippen LogP contribution in [0.4, 0.5) is 0 Å². The average molecular weight is 272 g/mol. The van der Waals surface area contributed by atoms with Crippen LogP contribution >= 0.6 is 0 Å². The summed E-state index contributed by atoms with van der Waals surface area (Å²) in [4.78, 5) is 9.06. The Bertz CT molecular complexity index is 533. The van der Waals surface area contributed by atoms with Crippen molar-refractivity contribution in [1.29, 1.82) is 0 Å². The maximum absolute atomic E-state index is 4.55. The van der Waals surface area contributed by atoms with Crippen LogP contribution in [0.5, 0.6) is 0 Å². The minimum atomic E-state index is 0.221.